The molecule has 0 aromatic carbocycles. The third-order valence-electron chi connectivity index (χ3n) is 2.08. The Balaban J connectivity index is 2.50. The van der Waals surface area contributed by atoms with Crippen LogP contribution in [0.3, 0.4) is 0 Å². The molecule has 0 spiro atoms. The number of nitrogens with two attached hydrogens (primary N) is 1. The summed E-state index contributed by atoms with van der Waals surface area (Å²) in [4.78, 5) is 0. The molecule has 0 radical (unpaired) electrons. The highest BCUT2D eigenvalue weighted by Gasteiger charge is 2.01. The molecule has 14 heavy (non-hydrogen) atoms. The van der Waals surface area contributed by atoms with Crippen molar-refractivity contribution in [3.8, 4) is 0 Å². The van der Waals surface area contributed by atoms with Gasteiger partial charge in [0.1, 0.15) is 5.82 Å². The number of hydrogen-bond acceptors (Lipinski definition) is 4. The molecule has 1 rings (SSSR count). The van der Waals surface area contributed by atoms with Crippen LogP contribution in [-0.4, -0.2) is 22.8 Å². The molecular formula is C10H18N4. The van der Waals surface area contributed by atoms with Gasteiger partial charge in [-0.3, -0.25) is 0 Å². The molecule has 78 valence electrons. The summed E-state index contributed by atoms with van der Waals surface area (Å²) >= 11 is 0. The molecule has 0 amide bonds. The van der Waals surface area contributed by atoms with Gasteiger partial charge in [-0.25, -0.2) is 0 Å². The van der Waals surface area contributed by atoms with Gasteiger partial charge in [0.2, 0.25) is 0 Å². The maximum absolute atomic E-state index is 5.45. The number of nitrogens with zero attached hydrogens (tertiary/aromatic N) is 2. The van der Waals surface area contributed by atoms with Crippen LogP contribution in [0.2, 0.25) is 0 Å². The van der Waals surface area contributed by atoms with E-state index in [0.29, 0.717) is 12.6 Å². The van der Waals surface area contributed by atoms with Crippen molar-refractivity contribution in [3.05, 3.63) is 17.8 Å². The Labute approximate surface area is 84.9 Å². The third kappa shape index (κ3) is 3.30. The van der Waals surface area contributed by atoms with Crippen LogP contribution in [-0.2, 0) is 6.42 Å². The molecule has 1 aromatic rings. The van der Waals surface area contributed by atoms with E-state index in [0.717, 1.165) is 24.4 Å². The van der Waals surface area contributed by atoms with Gasteiger partial charge in [0, 0.05) is 6.04 Å². The van der Waals surface area contributed by atoms with E-state index in [9.17, 15) is 0 Å². The molecule has 0 fully saturated rings. The van der Waals surface area contributed by atoms with Crippen LogP contribution in [0.25, 0.3) is 0 Å². The summed E-state index contributed by atoms with van der Waals surface area (Å²) in [7, 11) is 0. The Hall–Kier alpha value is -1.16. The van der Waals surface area contributed by atoms with Crippen molar-refractivity contribution in [1.29, 1.82) is 0 Å². The SMILES string of the molecule is CCc1ccc(NC(C)CCN)nn1. The van der Waals surface area contributed by atoms with E-state index < -0.39 is 0 Å². The highest BCUT2D eigenvalue weighted by Crippen LogP contribution is 2.05. The second-order valence-electron chi connectivity index (χ2n) is 3.39. The lowest BCUT2D eigenvalue weighted by atomic mass is 10.2. The maximum Gasteiger partial charge on any atom is 0.148 e. The van der Waals surface area contributed by atoms with Crippen molar-refractivity contribution in [2.75, 3.05) is 11.9 Å². The van der Waals surface area contributed by atoms with Crippen molar-refractivity contribution in [2.45, 2.75) is 32.7 Å². The Morgan fingerprint density at radius 1 is 1.43 bits per heavy atom. The van der Waals surface area contributed by atoms with Crippen molar-refractivity contribution in [3.63, 3.8) is 0 Å². The van der Waals surface area contributed by atoms with Crippen molar-refractivity contribution >= 4 is 5.82 Å². The summed E-state index contributed by atoms with van der Waals surface area (Å²) in [5.41, 5.74) is 6.47. The predicted molar refractivity (Wildman–Crippen MR) is 58.2 cm³/mol. The zero-order valence-electron chi connectivity index (χ0n) is 8.83. The molecule has 1 heterocycles. The molecule has 0 saturated carbocycles. The monoisotopic (exact) mass is 194 g/mol. The number of aryl methyl sites for hydroxylation is 1. The standard InChI is InChI=1S/C10H18N4/c1-3-9-4-5-10(14-13-9)12-8(2)6-7-11/h4-5,8H,3,6-7,11H2,1-2H3,(H,12,14). The van der Waals surface area contributed by atoms with Gasteiger partial charge >= 0.3 is 0 Å². The molecule has 0 aliphatic heterocycles. The lowest BCUT2D eigenvalue weighted by Gasteiger charge is -2.12. The topological polar surface area (TPSA) is 63.8 Å². The van der Waals surface area contributed by atoms with Crippen LogP contribution in [0.1, 0.15) is 26.0 Å². The zero-order chi connectivity index (χ0) is 10.4. The van der Waals surface area contributed by atoms with Gasteiger partial charge in [0.15, 0.2) is 0 Å². The smallest absolute Gasteiger partial charge is 0.148 e. The number of aromatic nitrogens is 2. The second-order valence-corrected chi connectivity index (χ2v) is 3.39. The number of anilines is 1. The van der Waals surface area contributed by atoms with Gasteiger partial charge in [0.05, 0.1) is 5.69 Å². The van der Waals surface area contributed by atoms with E-state index in [4.69, 9.17) is 5.73 Å². The fourth-order valence-electron chi connectivity index (χ4n) is 1.20. The van der Waals surface area contributed by atoms with Gasteiger partial charge in [-0.05, 0) is 38.4 Å². The highest BCUT2D eigenvalue weighted by molar-refractivity contribution is 5.33. The third-order valence-corrected chi connectivity index (χ3v) is 2.08. The normalized spacial score (nSPS) is 12.5. The molecule has 4 nitrogen and oxygen atoms in total. The first-order valence-corrected chi connectivity index (χ1v) is 5.05. The quantitative estimate of drug-likeness (QED) is 0.739. The Bertz CT molecular complexity index is 257. The molecule has 0 saturated heterocycles. The molecule has 4 heteroatoms. The van der Waals surface area contributed by atoms with Crippen LogP contribution in [0.4, 0.5) is 5.82 Å². The summed E-state index contributed by atoms with van der Waals surface area (Å²) in [6.45, 7) is 4.84. The first-order valence-electron chi connectivity index (χ1n) is 5.05. The van der Waals surface area contributed by atoms with Crippen LogP contribution in [0.15, 0.2) is 12.1 Å². The summed E-state index contributed by atoms with van der Waals surface area (Å²) in [6, 6.07) is 4.30. The fraction of sp³-hybridized carbons (Fsp3) is 0.600. The van der Waals surface area contributed by atoms with Gasteiger partial charge in [-0.1, -0.05) is 6.92 Å². The molecule has 1 aromatic heterocycles. The van der Waals surface area contributed by atoms with Gasteiger partial charge in [0.25, 0.3) is 0 Å². The van der Waals surface area contributed by atoms with E-state index in [1.807, 2.05) is 12.1 Å². The molecule has 1 unspecified atom stereocenters. The van der Waals surface area contributed by atoms with Crippen molar-refractivity contribution in [2.24, 2.45) is 5.73 Å². The first kappa shape index (κ1) is 10.9. The second kappa shape index (κ2) is 5.54. The zero-order valence-corrected chi connectivity index (χ0v) is 8.83. The summed E-state index contributed by atoms with van der Waals surface area (Å²) < 4.78 is 0. The summed E-state index contributed by atoms with van der Waals surface area (Å²) in [5.74, 6) is 0.822. The van der Waals surface area contributed by atoms with Crippen LogP contribution >= 0.6 is 0 Å². The molecule has 1 atom stereocenters. The Kier molecular flexibility index (Phi) is 4.32. The maximum atomic E-state index is 5.45. The molecule has 3 N–H and O–H groups in total. The van der Waals surface area contributed by atoms with Crippen LogP contribution in [0, 0.1) is 0 Å². The van der Waals surface area contributed by atoms with Crippen molar-refractivity contribution < 1.29 is 0 Å². The van der Waals surface area contributed by atoms with Crippen molar-refractivity contribution in [1.82, 2.24) is 10.2 Å². The van der Waals surface area contributed by atoms with E-state index >= 15 is 0 Å². The van der Waals surface area contributed by atoms with E-state index in [1.165, 1.54) is 0 Å². The molecule has 0 aliphatic carbocycles. The van der Waals surface area contributed by atoms with Crippen LogP contribution in [0.5, 0.6) is 0 Å². The lowest BCUT2D eigenvalue weighted by molar-refractivity contribution is 0.709. The van der Waals surface area contributed by atoms with Gasteiger partial charge in [-0.2, -0.15) is 5.10 Å². The van der Waals surface area contributed by atoms with E-state index in [2.05, 4.69) is 29.4 Å². The summed E-state index contributed by atoms with van der Waals surface area (Å²) in [6.07, 6.45) is 1.86. The Morgan fingerprint density at radius 3 is 2.71 bits per heavy atom. The minimum Gasteiger partial charge on any atom is -0.366 e. The Morgan fingerprint density at radius 2 is 2.21 bits per heavy atom. The number of rotatable bonds is 5. The minimum absolute atomic E-state index is 0.349. The summed E-state index contributed by atoms with van der Waals surface area (Å²) in [5, 5.41) is 11.4. The predicted octanol–water partition coefficient (Wildman–Crippen LogP) is 1.19. The number of hydrogen-bond donors (Lipinski definition) is 2. The van der Waals surface area contributed by atoms with E-state index in [1.54, 1.807) is 0 Å². The average Bonchev–Trinajstić information content (AvgIpc) is 2.19. The first-order chi connectivity index (χ1) is 6.76. The molecule has 0 aliphatic rings. The minimum atomic E-state index is 0.349. The highest BCUT2D eigenvalue weighted by atomic mass is 15.2. The van der Waals surface area contributed by atoms with E-state index in [-0.39, 0.29) is 0 Å². The number of nitrogens with one attached hydrogen (secondary N) is 1. The molecule has 0 bridgehead atoms. The lowest BCUT2D eigenvalue weighted by Crippen LogP contribution is -2.20. The molecular weight excluding hydrogens is 176 g/mol. The average molecular weight is 194 g/mol. The van der Waals surface area contributed by atoms with Gasteiger partial charge < -0.3 is 11.1 Å². The van der Waals surface area contributed by atoms with Crippen LogP contribution < -0.4 is 11.1 Å². The van der Waals surface area contributed by atoms with Gasteiger partial charge in [-0.15, -0.1) is 5.10 Å². The fourth-order valence-corrected chi connectivity index (χ4v) is 1.20. The largest absolute Gasteiger partial charge is 0.366 e.